The van der Waals surface area contributed by atoms with E-state index in [0.29, 0.717) is 15.7 Å². The molecule has 1 aromatic heterocycles. The average molecular weight is 554 g/mol. The van der Waals surface area contributed by atoms with E-state index in [1.165, 1.54) is 4.31 Å². The van der Waals surface area contributed by atoms with Crippen molar-refractivity contribution in [1.82, 2.24) is 4.57 Å². The zero-order valence-corrected chi connectivity index (χ0v) is 22.7. The van der Waals surface area contributed by atoms with Gasteiger partial charge in [-0.05, 0) is 74.0 Å². The molecule has 0 saturated heterocycles. The molecule has 1 atom stereocenters. The summed E-state index contributed by atoms with van der Waals surface area (Å²) in [5.41, 5.74) is 4.05. The van der Waals surface area contributed by atoms with Gasteiger partial charge in [0.2, 0.25) is 0 Å². The number of halogens is 2. The number of hydrogen-bond acceptors (Lipinski definition) is 3. The lowest BCUT2D eigenvalue weighted by Crippen LogP contribution is -2.39. The van der Waals surface area contributed by atoms with Crippen molar-refractivity contribution >= 4 is 60.7 Å². The molecule has 0 radical (unpaired) electrons. The van der Waals surface area contributed by atoms with Crippen LogP contribution in [0.1, 0.15) is 11.1 Å². The highest BCUT2D eigenvalue weighted by molar-refractivity contribution is 7.92. The van der Waals surface area contributed by atoms with Gasteiger partial charge in [-0.3, -0.25) is 4.31 Å². The van der Waals surface area contributed by atoms with Crippen LogP contribution in [0.3, 0.4) is 0 Å². The Hall–Kier alpha value is -3.03. The Bertz CT molecular complexity index is 1650. The second-order valence-corrected chi connectivity index (χ2v) is 12.0. The second kappa shape index (κ2) is 10.0. The van der Waals surface area contributed by atoms with Gasteiger partial charge in [0.25, 0.3) is 10.0 Å². The van der Waals surface area contributed by atoms with Crippen molar-refractivity contribution in [3.8, 4) is 0 Å². The molecule has 5 aromatic rings. The van der Waals surface area contributed by atoms with Crippen LogP contribution in [0, 0.1) is 13.8 Å². The fourth-order valence-electron chi connectivity index (χ4n) is 4.71. The van der Waals surface area contributed by atoms with E-state index in [1.807, 2.05) is 54.8 Å². The second-order valence-electron chi connectivity index (χ2n) is 9.22. The third-order valence-electron chi connectivity index (χ3n) is 6.55. The molecule has 0 spiro atoms. The number of aromatic nitrogens is 1. The van der Waals surface area contributed by atoms with E-state index in [2.05, 4.69) is 0 Å². The quantitative estimate of drug-likeness (QED) is 0.237. The first-order valence-electron chi connectivity index (χ1n) is 11.9. The Kier molecular flexibility index (Phi) is 6.94. The molecule has 5 nitrogen and oxygen atoms in total. The van der Waals surface area contributed by atoms with Crippen LogP contribution in [0.4, 0.5) is 5.69 Å². The minimum Gasteiger partial charge on any atom is -0.389 e. The van der Waals surface area contributed by atoms with Gasteiger partial charge in [0.15, 0.2) is 0 Å². The molecule has 0 saturated carbocycles. The fraction of sp³-hybridized carbons (Fsp3) is 0.172. The lowest BCUT2D eigenvalue weighted by molar-refractivity contribution is 0.166. The largest absolute Gasteiger partial charge is 0.389 e. The molecule has 0 bridgehead atoms. The van der Waals surface area contributed by atoms with E-state index in [-0.39, 0.29) is 18.0 Å². The van der Waals surface area contributed by atoms with E-state index in [1.54, 1.807) is 48.5 Å². The van der Waals surface area contributed by atoms with Crippen molar-refractivity contribution in [1.29, 1.82) is 0 Å². The Morgan fingerprint density at radius 3 is 1.97 bits per heavy atom. The van der Waals surface area contributed by atoms with E-state index in [4.69, 9.17) is 23.2 Å². The maximum Gasteiger partial charge on any atom is 0.264 e. The van der Waals surface area contributed by atoms with Crippen LogP contribution in [0.25, 0.3) is 21.8 Å². The van der Waals surface area contributed by atoms with Gasteiger partial charge in [0.1, 0.15) is 0 Å². The van der Waals surface area contributed by atoms with Crippen molar-refractivity contribution in [2.75, 3.05) is 10.8 Å². The molecular weight excluding hydrogens is 527 g/mol. The lowest BCUT2D eigenvalue weighted by atomic mass is 10.1. The van der Waals surface area contributed by atoms with Gasteiger partial charge in [-0.1, -0.05) is 59.1 Å². The van der Waals surface area contributed by atoms with Crippen molar-refractivity contribution in [3.05, 3.63) is 106 Å². The SMILES string of the molecule is Cc1ccc(S(=O)(=O)N(C[C@H](O)Cn2c3ccc(Cl)cc3c3cc(Cl)ccc32)c2ccccc2C)cc1. The molecule has 8 heteroatoms. The molecule has 0 unspecified atom stereocenters. The Labute approximate surface area is 226 Å². The minimum absolute atomic E-state index is 0.122. The number of hydrogen-bond donors (Lipinski definition) is 1. The molecule has 0 amide bonds. The minimum atomic E-state index is -3.93. The Morgan fingerprint density at radius 2 is 1.41 bits per heavy atom. The first-order chi connectivity index (χ1) is 17.6. The van der Waals surface area contributed by atoms with Gasteiger partial charge >= 0.3 is 0 Å². The lowest BCUT2D eigenvalue weighted by Gasteiger charge is -2.28. The summed E-state index contributed by atoms with van der Waals surface area (Å²) in [5, 5.41) is 14.4. The summed E-state index contributed by atoms with van der Waals surface area (Å²) in [6.07, 6.45) is -1.01. The van der Waals surface area contributed by atoms with Crippen LogP contribution >= 0.6 is 23.2 Å². The van der Waals surface area contributed by atoms with E-state index in [9.17, 15) is 13.5 Å². The number of nitrogens with zero attached hydrogens (tertiary/aromatic N) is 2. The molecular formula is C29H26Cl2N2O3S. The Balaban J connectivity index is 1.56. The van der Waals surface area contributed by atoms with Gasteiger partial charge < -0.3 is 9.67 Å². The number of para-hydroxylation sites is 1. The normalized spacial score (nSPS) is 12.8. The number of rotatable bonds is 7. The first-order valence-corrected chi connectivity index (χ1v) is 14.0. The number of benzene rings is 4. The average Bonchev–Trinajstić information content (AvgIpc) is 3.15. The molecule has 0 fully saturated rings. The summed E-state index contributed by atoms with van der Waals surface area (Å²) in [6.45, 7) is 3.82. The summed E-state index contributed by atoms with van der Waals surface area (Å²) in [7, 11) is -3.93. The fourth-order valence-corrected chi connectivity index (χ4v) is 6.62. The van der Waals surface area contributed by atoms with Crippen molar-refractivity contribution in [3.63, 3.8) is 0 Å². The molecule has 0 aliphatic carbocycles. The molecule has 37 heavy (non-hydrogen) atoms. The maximum absolute atomic E-state index is 13.8. The summed E-state index contributed by atoms with van der Waals surface area (Å²) in [5.74, 6) is 0. The number of aliphatic hydroxyl groups excluding tert-OH is 1. The number of fused-ring (bicyclic) bond motifs is 3. The molecule has 1 heterocycles. The molecule has 0 aliphatic rings. The van der Waals surface area contributed by atoms with Gasteiger partial charge in [0.05, 0.1) is 29.8 Å². The highest BCUT2D eigenvalue weighted by atomic mass is 35.5. The zero-order chi connectivity index (χ0) is 26.3. The highest BCUT2D eigenvalue weighted by Gasteiger charge is 2.28. The summed E-state index contributed by atoms with van der Waals surface area (Å²) >= 11 is 12.6. The standard InChI is InChI=1S/C29H26Cl2N2O3S/c1-19-7-11-24(12-8-19)37(35,36)33(27-6-4-3-5-20(27)2)18-23(34)17-32-28-13-9-21(30)15-25(28)26-16-22(31)10-14-29(26)32/h3-16,23,34H,17-18H2,1-2H3/t23-/m1/s1. The van der Waals surface area contributed by atoms with Crippen LogP contribution in [0.15, 0.2) is 89.8 Å². The van der Waals surface area contributed by atoms with Crippen LogP contribution in [0.2, 0.25) is 10.0 Å². The Morgan fingerprint density at radius 1 is 0.838 bits per heavy atom. The van der Waals surface area contributed by atoms with E-state index in [0.717, 1.165) is 32.9 Å². The topological polar surface area (TPSA) is 62.5 Å². The molecule has 5 rings (SSSR count). The number of sulfonamides is 1. The summed E-state index contributed by atoms with van der Waals surface area (Å²) < 4.78 is 30.9. The smallest absolute Gasteiger partial charge is 0.264 e. The summed E-state index contributed by atoms with van der Waals surface area (Å²) in [4.78, 5) is 0.176. The maximum atomic E-state index is 13.8. The molecule has 4 aromatic carbocycles. The van der Waals surface area contributed by atoms with Gasteiger partial charge in [-0.25, -0.2) is 8.42 Å². The monoisotopic (exact) mass is 552 g/mol. The van der Waals surface area contributed by atoms with Crippen LogP contribution in [0.5, 0.6) is 0 Å². The third-order valence-corrected chi connectivity index (χ3v) is 8.82. The third kappa shape index (κ3) is 4.94. The summed E-state index contributed by atoms with van der Waals surface area (Å²) in [6, 6.07) is 25.2. The highest BCUT2D eigenvalue weighted by Crippen LogP contribution is 2.34. The molecule has 1 N–H and O–H groups in total. The van der Waals surface area contributed by atoms with Gasteiger partial charge in [0, 0.05) is 31.9 Å². The predicted molar refractivity (Wildman–Crippen MR) is 152 cm³/mol. The van der Waals surface area contributed by atoms with Crippen LogP contribution < -0.4 is 4.31 Å². The van der Waals surface area contributed by atoms with Crippen molar-refractivity contribution < 1.29 is 13.5 Å². The first kappa shape index (κ1) is 25.6. The molecule has 0 aliphatic heterocycles. The zero-order valence-electron chi connectivity index (χ0n) is 20.4. The van der Waals surface area contributed by atoms with Gasteiger partial charge in [-0.2, -0.15) is 0 Å². The number of aryl methyl sites for hydroxylation is 2. The van der Waals surface area contributed by atoms with E-state index < -0.39 is 16.1 Å². The van der Waals surface area contributed by atoms with Crippen LogP contribution in [-0.4, -0.2) is 30.7 Å². The molecule has 190 valence electrons. The van der Waals surface area contributed by atoms with E-state index >= 15 is 0 Å². The van der Waals surface area contributed by atoms with Crippen LogP contribution in [-0.2, 0) is 16.6 Å². The van der Waals surface area contributed by atoms with Gasteiger partial charge in [-0.15, -0.1) is 0 Å². The predicted octanol–water partition coefficient (Wildman–Crippen LogP) is 6.97. The number of anilines is 1. The number of aliphatic hydroxyl groups is 1. The van der Waals surface area contributed by atoms with Crippen molar-refractivity contribution in [2.45, 2.75) is 31.4 Å². The van der Waals surface area contributed by atoms with Crippen molar-refractivity contribution in [2.24, 2.45) is 0 Å².